The third-order valence-electron chi connectivity index (χ3n) is 6.45. The number of fused-ring (bicyclic) bond motifs is 1. The molecule has 4 aromatic rings. The lowest BCUT2D eigenvalue weighted by Gasteiger charge is -2.17. The number of hydrogen-bond acceptors (Lipinski definition) is 4. The van der Waals surface area contributed by atoms with Gasteiger partial charge in [0.15, 0.2) is 0 Å². The number of rotatable bonds is 6. The Balaban J connectivity index is 1.53. The second-order valence-corrected chi connectivity index (χ2v) is 8.85. The van der Waals surface area contributed by atoms with Crippen LogP contribution >= 0.6 is 0 Å². The van der Waals surface area contributed by atoms with E-state index < -0.39 is 5.82 Å². The van der Waals surface area contributed by atoms with E-state index in [0.29, 0.717) is 41.1 Å². The van der Waals surface area contributed by atoms with Crippen molar-refractivity contribution in [3.8, 4) is 5.69 Å². The first-order valence-corrected chi connectivity index (χ1v) is 11.6. The average Bonchev–Trinajstić information content (AvgIpc) is 3.34. The lowest BCUT2D eigenvalue weighted by Crippen LogP contribution is -2.25. The molecule has 0 aliphatic carbocycles. The molecule has 3 heterocycles. The van der Waals surface area contributed by atoms with Gasteiger partial charge >= 0.3 is 0 Å². The Bertz CT molecular complexity index is 1410. The second-order valence-electron chi connectivity index (χ2n) is 8.85. The van der Waals surface area contributed by atoms with Crippen LogP contribution in [0.15, 0.2) is 59.5 Å². The van der Waals surface area contributed by atoms with E-state index >= 15 is 0 Å². The summed E-state index contributed by atoms with van der Waals surface area (Å²) in [5.74, 6) is -0.269. The van der Waals surface area contributed by atoms with Gasteiger partial charge in [0, 0.05) is 19.2 Å². The van der Waals surface area contributed by atoms with E-state index in [1.807, 2.05) is 19.1 Å². The van der Waals surface area contributed by atoms with Crippen LogP contribution in [-0.4, -0.2) is 32.5 Å². The van der Waals surface area contributed by atoms with Gasteiger partial charge in [-0.3, -0.25) is 19.2 Å². The van der Waals surface area contributed by atoms with Gasteiger partial charge < -0.3 is 0 Å². The van der Waals surface area contributed by atoms with Gasteiger partial charge in [0.25, 0.3) is 5.56 Å². The van der Waals surface area contributed by atoms with Gasteiger partial charge in [-0.15, -0.1) is 0 Å². The number of pyridine rings is 1. The Labute approximate surface area is 196 Å². The lowest BCUT2D eigenvalue weighted by molar-refractivity contribution is 0.331. The molecular weight excluding hydrogens is 434 g/mol. The fourth-order valence-corrected chi connectivity index (χ4v) is 4.70. The Morgan fingerprint density at radius 1 is 1.00 bits per heavy atom. The number of hydrogen-bond donors (Lipinski definition) is 0. The fourth-order valence-electron chi connectivity index (χ4n) is 4.70. The minimum absolute atomic E-state index is 0.200. The highest BCUT2D eigenvalue weighted by molar-refractivity contribution is 5.78. The van der Waals surface area contributed by atoms with Crippen LogP contribution < -0.4 is 5.56 Å². The third kappa shape index (κ3) is 4.48. The van der Waals surface area contributed by atoms with E-state index in [1.54, 1.807) is 18.3 Å². The first-order valence-electron chi connectivity index (χ1n) is 11.6. The molecule has 0 atom stereocenters. The van der Waals surface area contributed by atoms with E-state index in [1.165, 1.54) is 41.7 Å². The summed E-state index contributed by atoms with van der Waals surface area (Å²) in [5, 5.41) is 0.200. The average molecular weight is 461 g/mol. The summed E-state index contributed by atoms with van der Waals surface area (Å²) in [6.45, 7) is 4.77. The Morgan fingerprint density at radius 3 is 2.62 bits per heavy atom. The van der Waals surface area contributed by atoms with Crippen molar-refractivity contribution in [2.24, 2.45) is 0 Å². The predicted molar refractivity (Wildman–Crippen MR) is 128 cm³/mol. The third-order valence-corrected chi connectivity index (χ3v) is 6.45. The molecule has 2 aromatic heterocycles. The first kappa shape index (κ1) is 22.3. The minimum Gasteiger partial charge on any atom is -0.299 e. The van der Waals surface area contributed by atoms with Crippen molar-refractivity contribution in [3.05, 3.63) is 99.4 Å². The molecule has 1 saturated heterocycles. The summed E-state index contributed by atoms with van der Waals surface area (Å²) >= 11 is 0. The van der Waals surface area contributed by atoms with Gasteiger partial charge in [-0.1, -0.05) is 12.1 Å². The Morgan fingerprint density at radius 2 is 1.82 bits per heavy atom. The number of aryl methyl sites for hydroxylation is 3. The largest absolute Gasteiger partial charge is 0.299 e. The molecule has 0 radical (unpaired) electrons. The standard InChI is InChI=1S/C27H26F2N4O/c1-18-25(5-4-12-30-18)33-26(31-24-10-8-21(28)16-22(24)27(33)34)11-7-20-15-19(6-9-23(20)29)17-32-13-2-3-14-32/h4-6,8-10,12,15-16H,2-3,7,11,13-14,17H2,1H3. The van der Waals surface area contributed by atoms with Crippen molar-refractivity contribution in [2.75, 3.05) is 13.1 Å². The lowest BCUT2D eigenvalue weighted by atomic mass is 10.0. The maximum absolute atomic E-state index is 14.7. The van der Waals surface area contributed by atoms with Crippen molar-refractivity contribution in [1.82, 2.24) is 19.4 Å². The van der Waals surface area contributed by atoms with Crippen LogP contribution in [0, 0.1) is 18.6 Å². The molecule has 0 bridgehead atoms. The number of halogens is 2. The van der Waals surface area contributed by atoms with Crippen LogP contribution in [0.2, 0.25) is 0 Å². The maximum Gasteiger partial charge on any atom is 0.266 e. The van der Waals surface area contributed by atoms with E-state index in [-0.39, 0.29) is 16.8 Å². The SMILES string of the molecule is Cc1ncccc1-n1c(CCc2cc(CN3CCCC3)ccc2F)nc2ccc(F)cc2c1=O. The number of likely N-dealkylation sites (tertiary alicyclic amines) is 1. The van der Waals surface area contributed by atoms with Crippen LogP contribution in [0.5, 0.6) is 0 Å². The summed E-state index contributed by atoms with van der Waals surface area (Å²) in [4.78, 5) is 24.8. The van der Waals surface area contributed by atoms with Crippen LogP contribution in [0.25, 0.3) is 16.6 Å². The topological polar surface area (TPSA) is 51.0 Å². The van der Waals surface area contributed by atoms with Gasteiger partial charge in [-0.25, -0.2) is 13.8 Å². The molecule has 174 valence electrons. The Hall–Kier alpha value is -3.45. The molecule has 5 nitrogen and oxygen atoms in total. The Kier molecular flexibility index (Phi) is 6.20. The van der Waals surface area contributed by atoms with Gasteiger partial charge in [0.05, 0.1) is 22.3 Å². The minimum atomic E-state index is -0.495. The van der Waals surface area contributed by atoms with Gasteiger partial charge in [-0.05, 0) is 86.8 Å². The highest BCUT2D eigenvalue weighted by atomic mass is 19.1. The molecule has 1 aliphatic heterocycles. The molecule has 0 spiro atoms. The zero-order valence-corrected chi connectivity index (χ0v) is 19.1. The molecule has 0 amide bonds. The molecule has 0 saturated carbocycles. The van der Waals surface area contributed by atoms with Gasteiger partial charge in [-0.2, -0.15) is 0 Å². The van der Waals surface area contributed by atoms with E-state index in [0.717, 1.165) is 25.2 Å². The van der Waals surface area contributed by atoms with Crippen LogP contribution in [-0.2, 0) is 19.4 Å². The van der Waals surface area contributed by atoms with Crippen molar-refractivity contribution >= 4 is 10.9 Å². The summed E-state index contributed by atoms with van der Waals surface area (Å²) in [6, 6.07) is 12.8. The highest BCUT2D eigenvalue weighted by Gasteiger charge is 2.17. The molecule has 1 aliphatic rings. The van der Waals surface area contributed by atoms with E-state index in [4.69, 9.17) is 0 Å². The summed E-state index contributed by atoms with van der Waals surface area (Å²) < 4.78 is 30.1. The van der Waals surface area contributed by atoms with Crippen LogP contribution in [0.3, 0.4) is 0 Å². The number of benzene rings is 2. The molecule has 0 unspecified atom stereocenters. The van der Waals surface area contributed by atoms with E-state index in [9.17, 15) is 13.6 Å². The van der Waals surface area contributed by atoms with Crippen molar-refractivity contribution in [3.63, 3.8) is 0 Å². The van der Waals surface area contributed by atoms with Gasteiger partial charge in [0.1, 0.15) is 17.5 Å². The van der Waals surface area contributed by atoms with Crippen molar-refractivity contribution in [2.45, 2.75) is 39.2 Å². The number of nitrogens with zero attached hydrogens (tertiary/aromatic N) is 4. The molecule has 7 heteroatoms. The molecule has 1 fully saturated rings. The molecule has 34 heavy (non-hydrogen) atoms. The van der Waals surface area contributed by atoms with Crippen molar-refractivity contribution < 1.29 is 8.78 Å². The predicted octanol–water partition coefficient (Wildman–Crippen LogP) is 4.75. The van der Waals surface area contributed by atoms with Crippen LogP contribution in [0.1, 0.15) is 35.5 Å². The quantitative estimate of drug-likeness (QED) is 0.417. The molecule has 2 aromatic carbocycles. The maximum atomic E-state index is 14.7. The zero-order valence-electron chi connectivity index (χ0n) is 19.1. The van der Waals surface area contributed by atoms with Crippen molar-refractivity contribution in [1.29, 1.82) is 0 Å². The molecular formula is C27H26F2N4O. The van der Waals surface area contributed by atoms with Gasteiger partial charge in [0.2, 0.25) is 0 Å². The molecule has 0 N–H and O–H groups in total. The summed E-state index contributed by atoms with van der Waals surface area (Å²) in [7, 11) is 0. The summed E-state index contributed by atoms with van der Waals surface area (Å²) in [5.41, 5.74) is 2.98. The zero-order chi connectivity index (χ0) is 23.7. The first-order chi connectivity index (χ1) is 16.5. The highest BCUT2D eigenvalue weighted by Crippen LogP contribution is 2.20. The monoisotopic (exact) mass is 460 g/mol. The number of aromatic nitrogens is 3. The second kappa shape index (κ2) is 9.43. The molecule has 5 rings (SSSR count). The van der Waals surface area contributed by atoms with E-state index in [2.05, 4.69) is 14.9 Å². The smallest absolute Gasteiger partial charge is 0.266 e. The fraction of sp³-hybridized carbons (Fsp3) is 0.296. The normalized spacial score (nSPS) is 14.2. The van der Waals surface area contributed by atoms with Crippen LogP contribution in [0.4, 0.5) is 8.78 Å². The summed E-state index contributed by atoms with van der Waals surface area (Å²) in [6.07, 6.45) is 4.80.